The van der Waals surface area contributed by atoms with Gasteiger partial charge in [-0.3, -0.25) is 0 Å². The van der Waals surface area contributed by atoms with Gasteiger partial charge in [-0.05, 0) is 17.7 Å². The van der Waals surface area contributed by atoms with Crippen LogP contribution in [0.25, 0.3) is 28.2 Å². The van der Waals surface area contributed by atoms with Crippen molar-refractivity contribution in [1.29, 1.82) is 0 Å². The van der Waals surface area contributed by atoms with Crippen LogP contribution in [0, 0.1) is 0 Å². The highest BCUT2D eigenvalue weighted by atomic mass is 16.4. The van der Waals surface area contributed by atoms with Crippen molar-refractivity contribution in [2.45, 2.75) is 0 Å². The molecular formula is C17H11N3O3. The van der Waals surface area contributed by atoms with Crippen LogP contribution in [-0.4, -0.2) is 25.7 Å². The monoisotopic (exact) mass is 305 g/mol. The van der Waals surface area contributed by atoms with E-state index in [1.165, 1.54) is 16.8 Å². The van der Waals surface area contributed by atoms with Gasteiger partial charge in [-0.25, -0.2) is 14.3 Å². The summed E-state index contributed by atoms with van der Waals surface area (Å²) in [5, 5.41) is 13.6. The molecule has 1 aromatic carbocycles. The lowest BCUT2D eigenvalue weighted by Crippen LogP contribution is -2.08. The van der Waals surface area contributed by atoms with Crippen molar-refractivity contribution in [1.82, 2.24) is 14.6 Å². The molecule has 0 bridgehead atoms. The second kappa shape index (κ2) is 5.10. The summed E-state index contributed by atoms with van der Waals surface area (Å²) in [6, 6.07) is 14.5. The Kier molecular flexibility index (Phi) is 2.94. The van der Waals surface area contributed by atoms with E-state index in [2.05, 4.69) is 10.1 Å². The maximum atomic E-state index is 11.6. The Labute approximate surface area is 130 Å². The van der Waals surface area contributed by atoms with Gasteiger partial charge < -0.3 is 9.52 Å². The van der Waals surface area contributed by atoms with E-state index < -0.39 is 5.97 Å². The molecule has 23 heavy (non-hydrogen) atoms. The van der Waals surface area contributed by atoms with E-state index in [4.69, 9.17) is 4.42 Å². The van der Waals surface area contributed by atoms with Crippen molar-refractivity contribution in [2.75, 3.05) is 0 Å². The number of nitrogens with zero attached hydrogens (tertiary/aromatic N) is 3. The number of fused-ring (bicyclic) bond motifs is 1. The Balaban J connectivity index is 2.03. The van der Waals surface area contributed by atoms with Gasteiger partial charge in [-0.1, -0.05) is 30.3 Å². The Morgan fingerprint density at radius 2 is 1.96 bits per heavy atom. The number of aromatic nitrogens is 3. The maximum absolute atomic E-state index is 11.6. The van der Waals surface area contributed by atoms with Crippen LogP contribution >= 0.6 is 0 Å². The summed E-state index contributed by atoms with van der Waals surface area (Å²) < 4.78 is 6.67. The highest BCUT2D eigenvalue weighted by Crippen LogP contribution is 2.27. The fourth-order valence-electron chi connectivity index (χ4n) is 2.49. The van der Waals surface area contributed by atoms with Crippen LogP contribution in [0.5, 0.6) is 0 Å². The minimum atomic E-state index is -1.08. The Bertz CT molecular complexity index is 989. The average Bonchev–Trinajstić information content (AvgIpc) is 3.24. The molecule has 6 nitrogen and oxygen atoms in total. The van der Waals surface area contributed by atoms with Crippen molar-refractivity contribution < 1.29 is 14.3 Å². The van der Waals surface area contributed by atoms with Gasteiger partial charge in [0, 0.05) is 11.6 Å². The van der Waals surface area contributed by atoms with Crippen LogP contribution in [0.4, 0.5) is 0 Å². The Hall–Kier alpha value is -3.41. The van der Waals surface area contributed by atoms with Gasteiger partial charge in [-0.2, -0.15) is 5.10 Å². The normalized spacial score (nSPS) is 11.0. The molecule has 0 saturated carbocycles. The third kappa shape index (κ3) is 2.17. The zero-order valence-corrected chi connectivity index (χ0v) is 11.9. The first-order chi connectivity index (χ1) is 11.2. The summed E-state index contributed by atoms with van der Waals surface area (Å²) in [6.45, 7) is 0. The molecule has 3 aromatic heterocycles. The minimum Gasteiger partial charge on any atom is -0.477 e. The van der Waals surface area contributed by atoms with Crippen LogP contribution in [0.15, 0.2) is 65.4 Å². The van der Waals surface area contributed by atoms with Crippen molar-refractivity contribution in [2.24, 2.45) is 0 Å². The average molecular weight is 305 g/mol. The topological polar surface area (TPSA) is 80.6 Å². The van der Waals surface area contributed by atoms with Crippen molar-refractivity contribution in [3.63, 3.8) is 0 Å². The number of carboxylic acid groups (broad SMARTS) is 1. The summed E-state index contributed by atoms with van der Waals surface area (Å²) in [5.41, 5.74) is 2.65. The number of hydrogen-bond donors (Lipinski definition) is 1. The van der Waals surface area contributed by atoms with Gasteiger partial charge in [0.05, 0.1) is 12.5 Å². The number of benzene rings is 1. The highest BCUT2D eigenvalue weighted by Gasteiger charge is 2.18. The SMILES string of the molecule is O=C(O)c1cc(-c2ccco2)nc2c(-c3ccccc3)cnn12. The summed E-state index contributed by atoms with van der Waals surface area (Å²) in [4.78, 5) is 16.1. The molecule has 0 aliphatic heterocycles. The molecular weight excluding hydrogens is 294 g/mol. The van der Waals surface area contributed by atoms with E-state index in [-0.39, 0.29) is 5.69 Å². The van der Waals surface area contributed by atoms with Crippen LogP contribution in [0.3, 0.4) is 0 Å². The lowest BCUT2D eigenvalue weighted by Gasteiger charge is -2.04. The van der Waals surface area contributed by atoms with E-state index in [0.29, 0.717) is 17.1 Å². The quantitative estimate of drug-likeness (QED) is 0.627. The van der Waals surface area contributed by atoms with Crippen molar-refractivity contribution in [3.8, 4) is 22.6 Å². The largest absolute Gasteiger partial charge is 0.477 e. The number of aromatic carboxylic acids is 1. The molecule has 3 heterocycles. The molecule has 112 valence electrons. The number of rotatable bonds is 3. The molecule has 0 unspecified atom stereocenters. The second-order valence-electron chi connectivity index (χ2n) is 4.97. The van der Waals surface area contributed by atoms with Crippen LogP contribution in [-0.2, 0) is 0 Å². The van der Waals surface area contributed by atoms with E-state index in [1.807, 2.05) is 30.3 Å². The smallest absolute Gasteiger partial charge is 0.354 e. The van der Waals surface area contributed by atoms with Gasteiger partial charge in [0.1, 0.15) is 5.69 Å². The van der Waals surface area contributed by atoms with E-state index >= 15 is 0 Å². The van der Waals surface area contributed by atoms with Gasteiger partial charge >= 0.3 is 5.97 Å². The summed E-state index contributed by atoms with van der Waals surface area (Å²) in [5.74, 6) is -0.567. The molecule has 6 heteroatoms. The Morgan fingerprint density at radius 1 is 1.13 bits per heavy atom. The zero-order valence-electron chi connectivity index (χ0n) is 11.9. The van der Waals surface area contributed by atoms with E-state index in [0.717, 1.165) is 11.1 Å². The lowest BCUT2D eigenvalue weighted by molar-refractivity contribution is 0.0687. The van der Waals surface area contributed by atoms with Crippen molar-refractivity contribution in [3.05, 3.63) is 66.7 Å². The van der Waals surface area contributed by atoms with Crippen molar-refractivity contribution >= 4 is 11.6 Å². The first-order valence-electron chi connectivity index (χ1n) is 6.95. The maximum Gasteiger partial charge on any atom is 0.354 e. The summed E-state index contributed by atoms with van der Waals surface area (Å²) in [7, 11) is 0. The molecule has 0 atom stereocenters. The van der Waals surface area contributed by atoms with E-state index in [1.54, 1.807) is 18.3 Å². The highest BCUT2D eigenvalue weighted by molar-refractivity contribution is 5.89. The molecule has 0 aliphatic carbocycles. The number of furan rings is 1. The van der Waals surface area contributed by atoms with E-state index in [9.17, 15) is 9.90 Å². The zero-order chi connectivity index (χ0) is 15.8. The summed E-state index contributed by atoms with van der Waals surface area (Å²) in [6.07, 6.45) is 3.15. The predicted molar refractivity (Wildman–Crippen MR) is 83.1 cm³/mol. The molecule has 0 saturated heterocycles. The number of carbonyl (C=O) groups is 1. The van der Waals surface area contributed by atoms with Gasteiger partial charge in [0.25, 0.3) is 0 Å². The minimum absolute atomic E-state index is 0.0311. The molecule has 4 aromatic rings. The first kappa shape index (κ1) is 13.3. The van der Waals surface area contributed by atoms with Crippen LogP contribution < -0.4 is 0 Å². The molecule has 0 spiro atoms. The third-order valence-corrected chi connectivity index (χ3v) is 3.55. The molecule has 0 aliphatic rings. The van der Waals surface area contributed by atoms with Gasteiger partial charge in [0.2, 0.25) is 0 Å². The van der Waals surface area contributed by atoms with Gasteiger partial charge in [0.15, 0.2) is 17.1 Å². The molecule has 4 rings (SSSR count). The number of hydrogen-bond acceptors (Lipinski definition) is 4. The summed E-state index contributed by atoms with van der Waals surface area (Å²) >= 11 is 0. The Morgan fingerprint density at radius 3 is 2.65 bits per heavy atom. The third-order valence-electron chi connectivity index (χ3n) is 3.55. The lowest BCUT2D eigenvalue weighted by atomic mass is 10.1. The van der Waals surface area contributed by atoms with Crippen LogP contribution in [0.1, 0.15) is 10.5 Å². The van der Waals surface area contributed by atoms with Crippen LogP contribution in [0.2, 0.25) is 0 Å². The first-order valence-corrected chi connectivity index (χ1v) is 6.95. The number of carboxylic acids is 1. The standard InChI is InChI=1S/C17H11N3O3/c21-17(22)14-9-13(15-7-4-8-23-15)19-16-12(10-18-20(14)16)11-5-2-1-3-6-11/h1-10H,(H,21,22). The fourth-order valence-corrected chi connectivity index (χ4v) is 2.49. The fraction of sp³-hybridized carbons (Fsp3) is 0. The van der Waals surface area contributed by atoms with Gasteiger partial charge in [-0.15, -0.1) is 0 Å². The molecule has 0 radical (unpaired) electrons. The molecule has 0 amide bonds. The predicted octanol–water partition coefficient (Wildman–Crippen LogP) is 3.35. The molecule has 0 fully saturated rings. The second-order valence-corrected chi connectivity index (χ2v) is 4.97. The molecule has 1 N–H and O–H groups in total.